The Kier molecular flexibility index (Phi) is 7.69. The number of carboxylic acids is 1. The second-order valence-corrected chi connectivity index (χ2v) is 3.80. The van der Waals surface area contributed by atoms with Crippen molar-refractivity contribution in [2.24, 2.45) is 5.92 Å². The van der Waals surface area contributed by atoms with Crippen molar-refractivity contribution in [2.75, 3.05) is 20.3 Å². The number of rotatable bonds is 8. The number of aliphatic carboxylic acids is 1. The van der Waals surface area contributed by atoms with Crippen molar-refractivity contribution in [1.82, 2.24) is 5.32 Å². The summed E-state index contributed by atoms with van der Waals surface area (Å²) in [5, 5.41) is 11.3. The number of carbonyl (C=O) groups excluding carboxylic acids is 2. The highest BCUT2D eigenvalue weighted by molar-refractivity contribution is 5.85. The van der Waals surface area contributed by atoms with Crippen molar-refractivity contribution in [3.8, 4) is 0 Å². The van der Waals surface area contributed by atoms with E-state index in [-0.39, 0.29) is 19.6 Å². The van der Waals surface area contributed by atoms with Crippen molar-refractivity contribution in [1.29, 1.82) is 0 Å². The fourth-order valence-electron chi connectivity index (χ4n) is 1.39. The minimum atomic E-state index is -1.20. The SMILES string of the molecule is CCOC(=O)C[C@@H](C)[C@@H](NC(=O)COC)C(=O)O. The normalized spacial score (nSPS) is 13.5. The summed E-state index contributed by atoms with van der Waals surface area (Å²) in [5.41, 5.74) is 0. The molecule has 0 aromatic rings. The van der Waals surface area contributed by atoms with E-state index < -0.39 is 29.8 Å². The van der Waals surface area contributed by atoms with Crippen LogP contribution in [0.25, 0.3) is 0 Å². The zero-order valence-corrected chi connectivity index (χ0v) is 10.8. The first-order chi connectivity index (χ1) is 8.42. The van der Waals surface area contributed by atoms with Crippen LogP contribution in [-0.4, -0.2) is 49.3 Å². The van der Waals surface area contributed by atoms with Crippen molar-refractivity contribution >= 4 is 17.8 Å². The van der Waals surface area contributed by atoms with E-state index >= 15 is 0 Å². The quantitative estimate of drug-likeness (QED) is 0.586. The molecular weight excluding hydrogens is 242 g/mol. The molecule has 0 aliphatic rings. The fourth-order valence-corrected chi connectivity index (χ4v) is 1.39. The highest BCUT2D eigenvalue weighted by Crippen LogP contribution is 2.10. The van der Waals surface area contributed by atoms with Gasteiger partial charge in [0.05, 0.1) is 13.0 Å². The van der Waals surface area contributed by atoms with Crippen LogP contribution >= 0.6 is 0 Å². The molecule has 0 bridgehead atoms. The van der Waals surface area contributed by atoms with Crippen LogP contribution in [0.2, 0.25) is 0 Å². The highest BCUT2D eigenvalue weighted by Gasteiger charge is 2.28. The van der Waals surface area contributed by atoms with Crippen LogP contribution in [0.1, 0.15) is 20.3 Å². The average Bonchev–Trinajstić information content (AvgIpc) is 2.25. The molecule has 0 rings (SSSR count). The number of hydrogen-bond donors (Lipinski definition) is 2. The van der Waals surface area contributed by atoms with E-state index in [9.17, 15) is 14.4 Å². The lowest BCUT2D eigenvalue weighted by atomic mass is 9.98. The number of methoxy groups -OCH3 is 1. The largest absolute Gasteiger partial charge is 0.480 e. The van der Waals surface area contributed by atoms with Gasteiger partial charge in [-0.1, -0.05) is 6.92 Å². The summed E-state index contributed by atoms with van der Waals surface area (Å²) in [5.74, 6) is -2.79. The minimum Gasteiger partial charge on any atom is -0.480 e. The summed E-state index contributed by atoms with van der Waals surface area (Å²) in [7, 11) is 1.33. The Bertz CT molecular complexity index is 304. The van der Waals surface area contributed by atoms with E-state index in [2.05, 4.69) is 10.1 Å². The average molecular weight is 261 g/mol. The summed E-state index contributed by atoms with van der Waals surface area (Å²) < 4.78 is 9.31. The van der Waals surface area contributed by atoms with Crippen molar-refractivity contribution in [2.45, 2.75) is 26.3 Å². The van der Waals surface area contributed by atoms with E-state index in [1.807, 2.05) is 0 Å². The van der Waals surface area contributed by atoms with E-state index in [0.29, 0.717) is 0 Å². The Morgan fingerprint density at radius 3 is 2.39 bits per heavy atom. The maximum absolute atomic E-state index is 11.3. The number of amides is 1. The van der Waals surface area contributed by atoms with Crippen LogP contribution in [0.5, 0.6) is 0 Å². The topological polar surface area (TPSA) is 102 Å². The van der Waals surface area contributed by atoms with Crippen LogP contribution < -0.4 is 5.32 Å². The van der Waals surface area contributed by atoms with Gasteiger partial charge in [0.25, 0.3) is 0 Å². The molecule has 2 N–H and O–H groups in total. The number of hydrogen-bond acceptors (Lipinski definition) is 5. The lowest BCUT2D eigenvalue weighted by molar-refractivity contribution is -0.147. The Balaban J connectivity index is 4.45. The predicted molar refractivity (Wildman–Crippen MR) is 61.9 cm³/mol. The Hall–Kier alpha value is -1.63. The predicted octanol–water partition coefficient (Wildman–Crippen LogP) is -0.208. The first-order valence-electron chi connectivity index (χ1n) is 5.59. The highest BCUT2D eigenvalue weighted by atomic mass is 16.5. The van der Waals surface area contributed by atoms with Gasteiger partial charge in [-0.25, -0.2) is 4.79 Å². The Morgan fingerprint density at radius 2 is 1.94 bits per heavy atom. The van der Waals surface area contributed by atoms with Gasteiger partial charge in [-0.3, -0.25) is 9.59 Å². The summed E-state index contributed by atoms with van der Waals surface area (Å²) >= 11 is 0. The third-order valence-electron chi connectivity index (χ3n) is 2.22. The van der Waals surface area contributed by atoms with Crippen LogP contribution in [0, 0.1) is 5.92 Å². The molecule has 0 saturated heterocycles. The molecule has 7 heteroatoms. The van der Waals surface area contributed by atoms with E-state index in [1.165, 1.54) is 7.11 Å². The third-order valence-corrected chi connectivity index (χ3v) is 2.22. The summed E-state index contributed by atoms with van der Waals surface area (Å²) in [6.45, 7) is 3.23. The third kappa shape index (κ3) is 6.19. The molecule has 0 aromatic carbocycles. The molecule has 18 heavy (non-hydrogen) atoms. The van der Waals surface area contributed by atoms with Gasteiger partial charge < -0.3 is 19.9 Å². The minimum absolute atomic E-state index is 0.0714. The molecule has 0 radical (unpaired) electrons. The maximum Gasteiger partial charge on any atom is 0.326 e. The van der Waals surface area contributed by atoms with Gasteiger partial charge in [-0.2, -0.15) is 0 Å². The van der Waals surface area contributed by atoms with Gasteiger partial charge in [-0.05, 0) is 12.8 Å². The number of ether oxygens (including phenoxy) is 2. The summed E-state index contributed by atoms with van der Waals surface area (Å²) in [4.78, 5) is 33.5. The first kappa shape index (κ1) is 16.4. The molecule has 0 fully saturated rings. The molecule has 0 aliphatic carbocycles. The molecule has 0 aliphatic heterocycles. The number of nitrogens with one attached hydrogen (secondary N) is 1. The molecule has 1 amide bonds. The van der Waals surface area contributed by atoms with Gasteiger partial charge in [0.1, 0.15) is 12.6 Å². The van der Waals surface area contributed by atoms with Crippen LogP contribution in [0.4, 0.5) is 0 Å². The van der Waals surface area contributed by atoms with Gasteiger partial charge in [0, 0.05) is 7.11 Å². The molecule has 0 unspecified atom stereocenters. The zero-order chi connectivity index (χ0) is 14.1. The summed E-state index contributed by atoms with van der Waals surface area (Å²) in [6, 6.07) is -1.14. The van der Waals surface area contributed by atoms with E-state index in [1.54, 1.807) is 13.8 Å². The van der Waals surface area contributed by atoms with Crippen molar-refractivity contribution < 1.29 is 29.0 Å². The van der Waals surface area contributed by atoms with Gasteiger partial charge in [0.2, 0.25) is 5.91 Å². The molecule has 0 aromatic heterocycles. The molecule has 7 nitrogen and oxygen atoms in total. The molecule has 0 spiro atoms. The zero-order valence-electron chi connectivity index (χ0n) is 10.8. The Morgan fingerprint density at radius 1 is 1.33 bits per heavy atom. The molecule has 0 heterocycles. The monoisotopic (exact) mass is 261 g/mol. The van der Waals surface area contributed by atoms with E-state index in [0.717, 1.165) is 0 Å². The number of esters is 1. The molecule has 0 saturated carbocycles. The lowest BCUT2D eigenvalue weighted by Gasteiger charge is -2.20. The smallest absolute Gasteiger partial charge is 0.326 e. The maximum atomic E-state index is 11.3. The second-order valence-electron chi connectivity index (χ2n) is 3.80. The van der Waals surface area contributed by atoms with Crippen molar-refractivity contribution in [3.05, 3.63) is 0 Å². The fraction of sp³-hybridized carbons (Fsp3) is 0.727. The Labute approximate surface area is 105 Å². The van der Waals surface area contributed by atoms with Gasteiger partial charge in [0.15, 0.2) is 0 Å². The lowest BCUT2D eigenvalue weighted by Crippen LogP contribution is -2.46. The van der Waals surface area contributed by atoms with Gasteiger partial charge in [-0.15, -0.1) is 0 Å². The second kappa shape index (κ2) is 8.46. The van der Waals surface area contributed by atoms with Crippen LogP contribution in [0.3, 0.4) is 0 Å². The first-order valence-corrected chi connectivity index (χ1v) is 5.59. The summed E-state index contributed by atoms with van der Waals surface area (Å²) in [6.07, 6.45) is -0.0714. The van der Waals surface area contributed by atoms with Crippen LogP contribution in [0.15, 0.2) is 0 Å². The molecule has 104 valence electrons. The van der Waals surface area contributed by atoms with Crippen LogP contribution in [-0.2, 0) is 23.9 Å². The number of carbonyl (C=O) groups is 3. The van der Waals surface area contributed by atoms with Gasteiger partial charge >= 0.3 is 11.9 Å². The van der Waals surface area contributed by atoms with Crippen molar-refractivity contribution in [3.63, 3.8) is 0 Å². The molecule has 2 atom stereocenters. The standard InChI is InChI=1S/C11H19NO6/c1-4-18-9(14)5-7(2)10(11(15)16)12-8(13)6-17-3/h7,10H,4-6H2,1-3H3,(H,12,13)(H,15,16)/t7-,10-/m1/s1. The molecular formula is C11H19NO6. The number of carboxylic acid groups (broad SMARTS) is 1. The van der Waals surface area contributed by atoms with E-state index in [4.69, 9.17) is 9.84 Å².